The second kappa shape index (κ2) is 5.30. The average Bonchev–Trinajstić information content (AvgIpc) is 2.39. The fraction of sp³-hybridized carbons (Fsp3) is 0.333. The lowest BCUT2D eigenvalue weighted by atomic mass is 10.2. The second-order valence-electron chi connectivity index (χ2n) is 3.35. The molecule has 1 aromatic carbocycles. The molecule has 102 valence electrons. The van der Waals surface area contributed by atoms with E-state index in [1.807, 2.05) is 0 Å². The molecule has 0 amide bonds. The molecule has 0 unspecified atom stereocenters. The number of benzene rings is 1. The Morgan fingerprint density at radius 2 is 1.17 bits per heavy atom. The Morgan fingerprint density at radius 3 is 1.50 bits per heavy atom. The molecule has 0 radical (unpaired) electrons. The van der Waals surface area contributed by atoms with Crippen LogP contribution >= 0.6 is 0 Å². The van der Waals surface area contributed by atoms with Gasteiger partial charge in [0.05, 0.1) is 0 Å². The van der Waals surface area contributed by atoms with Crippen molar-refractivity contribution in [3.8, 4) is 0 Å². The molecule has 9 heteroatoms. The Labute approximate surface area is 100 Å². The third-order valence-electron chi connectivity index (χ3n) is 2.34. The lowest BCUT2D eigenvalue weighted by Gasteiger charge is -2.20. The first kappa shape index (κ1) is 15.0. The lowest BCUT2D eigenvalue weighted by Crippen LogP contribution is -2.44. The molecule has 0 bridgehead atoms. The Morgan fingerprint density at radius 1 is 0.833 bits per heavy atom. The molecule has 0 atom stereocenters. The zero-order valence-electron chi connectivity index (χ0n) is 9.36. The van der Waals surface area contributed by atoms with E-state index in [1.165, 1.54) is 0 Å². The number of hydrogen-bond donors (Lipinski definition) is 1. The molecule has 0 spiro atoms. The van der Waals surface area contributed by atoms with Crippen LogP contribution in [0.15, 0.2) is 0 Å². The van der Waals surface area contributed by atoms with E-state index in [0.717, 1.165) is 14.2 Å². The topological polar surface area (TPSA) is 38.7 Å². The summed E-state index contributed by atoms with van der Waals surface area (Å²) in [6.45, 7) is 0. The van der Waals surface area contributed by atoms with Gasteiger partial charge < -0.3 is 13.6 Å². The van der Waals surface area contributed by atoms with Crippen molar-refractivity contribution >= 4 is 8.80 Å². The van der Waals surface area contributed by atoms with Gasteiger partial charge in [-0.25, -0.2) is 22.0 Å². The number of halogens is 5. The second-order valence-corrected chi connectivity index (χ2v) is 5.94. The Balaban J connectivity index is 3.34. The van der Waals surface area contributed by atoms with Gasteiger partial charge in [0, 0.05) is 25.8 Å². The number of rotatable bonds is 4. The Bertz CT molecular complexity index is 435. The number of hydrogen-bond acceptors (Lipinski definition) is 3. The van der Waals surface area contributed by atoms with Gasteiger partial charge in [-0.05, 0) is 0 Å². The van der Waals surface area contributed by atoms with E-state index in [9.17, 15) is 26.7 Å². The zero-order chi connectivity index (χ0) is 14.1. The van der Waals surface area contributed by atoms with Crippen LogP contribution in [0.2, 0.25) is 0 Å². The summed E-state index contributed by atoms with van der Waals surface area (Å²) in [5.41, 5.74) is -1.16. The van der Waals surface area contributed by atoms with Gasteiger partial charge in [0.1, 0.15) is 0 Å². The molecule has 18 heavy (non-hydrogen) atoms. The van der Waals surface area contributed by atoms with Crippen LogP contribution in [0.25, 0.3) is 0 Å². The van der Waals surface area contributed by atoms with Crippen molar-refractivity contribution in [2.24, 2.45) is 0 Å². The maximum atomic E-state index is 13.3. The van der Waals surface area contributed by atoms with E-state index in [4.69, 9.17) is 0 Å². The molecular formula is C9H9F5O3Si. The molecule has 0 fully saturated rings. The molecule has 1 N–H and O–H groups in total. The standard InChI is InChI=1S/C9H9F5O3Si/c1-16-18(15,17-2)3-4-5(10)7(12)9(14)8(13)6(4)11/h15H,3H2,1-2H3. The highest BCUT2D eigenvalue weighted by atomic mass is 28.4. The van der Waals surface area contributed by atoms with Crippen molar-refractivity contribution in [1.82, 2.24) is 0 Å². The molecule has 1 aromatic rings. The summed E-state index contributed by atoms with van der Waals surface area (Å²) in [4.78, 5) is 9.60. The van der Waals surface area contributed by atoms with Crippen LogP contribution in [-0.2, 0) is 14.9 Å². The Kier molecular flexibility index (Phi) is 4.43. The van der Waals surface area contributed by atoms with Gasteiger partial charge in [0.15, 0.2) is 23.3 Å². The fourth-order valence-electron chi connectivity index (χ4n) is 1.26. The van der Waals surface area contributed by atoms with Crippen molar-refractivity contribution < 1.29 is 35.6 Å². The van der Waals surface area contributed by atoms with Crippen LogP contribution < -0.4 is 0 Å². The van der Waals surface area contributed by atoms with Crippen LogP contribution in [0.5, 0.6) is 0 Å². The molecule has 0 aliphatic heterocycles. The minimum Gasteiger partial charge on any atom is -0.390 e. The molecular weight excluding hydrogens is 279 g/mol. The maximum absolute atomic E-state index is 13.3. The normalized spacial score (nSPS) is 12.0. The average molecular weight is 288 g/mol. The summed E-state index contributed by atoms with van der Waals surface area (Å²) >= 11 is 0. The van der Waals surface area contributed by atoms with E-state index >= 15 is 0 Å². The highest BCUT2D eigenvalue weighted by Crippen LogP contribution is 2.25. The van der Waals surface area contributed by atoms with Gasteiger partial charge in [-0.3, -0.25) is 0 Å². The molecule has 0 saturated carbocycles. The summed E-state index contributed by atoms with van der Waals surface area (Å²) < 4.78 is 74.1. The predicted octanol–water partition coefficient (Wildman–Crippen LogP) is 1.69. The smallest absolute Gasteiger partial charge is 0.390 e. The monoisotopic (exact) mass is 288 g/mol. The van der Waals surface area contributed by atoms with Gasteiger partial charge in [-0.2, -0.15) is 0 Å². The highest BCUT2D eigenvalue weighted by Gasteiger charge is 2.39. The molecule has 0 aliphatic rings. The van der Waals surface area contributed by atoms with Gasteiger partial charge in [0.2, 0.25) is 5.82 Å². The summed E-state index contributed by atoms with van der Waals surface area (Å²) in [6, 6.07) is -0.925. The lowest BCUT2D eigenvalue weighted by molar-refractivity contribution is 0.149. The van der Waals surface area contributed by atoms with Crippen LogP contribution in [0, 0.1) is 29.1 Å². The van der Waals surface area contributed by atoms with E-state index < -0.39 is 49.5 Å². The third kappa shape index (κ3) is 2.53. The van der Waals surface area contributed by atoms with Crippen LogP contribution in [-0.4, -0.2) is 27.8 Å². The first-order valence-corrected chi connectivity index (χ1v) is 6.57. The van der Waals surface area contributed by atoms with Crippen molar-refractivity contribution in [3.05, 3.63) is 34.6 Å². The molecule has 0 aliphatic carbocycles. The van der Waals surface area contributed by atoms with Crippen molar-refractivity contribution in [1.29, 1.82) is 0 Å². The SMILES string of the molecule is CO[Si](O)(Cc1c(F)c(F)c(F)c(F)c1F)OC. The van der Waals surface area contributed by atoms with E-state index in [1.54, 1.807) is 0 Å². The van der Waals surface area contributed by atoms with Gasteiger partial charge in [0.25, 0.3) is 0 Å². The van der Waals surface area contributed by atoms with Gasteiger partial charge >= 0.3 is 8.80 Å². The summed E-state index contributed by atoms with van der Waals surface area (Å²) in [7, 11) is -2.00. The molecule has 0 heterocycles. The van der Waals surface area contributed by atoms with Crippen molar-refractivity contribution in [2.75, 3.05) is 14.2 Å². The van der Waals surface area contributed by atoms with E-state index in [-0.39, 0.29) is 0 Å². The van der Waals surface area contributed by atoms with Gasteiger partial charge in [-0.1, -0.05) is 0 Å². The first-order valence-electron chi connectivity index (χ1n) is 4.60. The van der Waals surface area contributed by atoms with Gasteiger partial charge in [-0.15, -0.1) is 0 Å². The molecule has 3 nitrogen and oxygen atoms in total. The van der Waals surface area contributed by atoms with E-state index in [0.29, 0.717) is 0 Å². The largest absolute Gasteiger partial charge is 0.502 e. The summed E-state index contributed by atoms with van der Waals surface area (Å²) in [6.07, 6.45) is 0. The quantitative estimate of drug-likeness (QED) is 0.396. The maximum Gasteiger partial charge on any atom is 0.502 e. The zero-order valence-corrected chi connectivity index (χ0v) is 10.4. The van der Waals surface area contributed by atoms with Crippen LogP contribution in [0.3, 0.4) is 0 Å². The summed E-state index contributed by atoms with van der Waals surface area (Å²) in [5.74, 6) is -10.4. The molecule has 0 saturated heterocycles. The fourth-order valence-corrected chi connectivity index (χ4v) is 2.47. The first-order chi connectivity index (χ1) is 8.27. The van der Waals surface area contributed by atoms with E-state index in [2.05, 4.69) is 8.85 Å². The van der Waals surface area contributed by atoms with Crippen LogP contribution in [0.1, 0.15) is 5.56 Å². The minimum absolute atomic E-state index is 0.925. The predicted molar refractivity (Wildman–Crippen MR) is 51.9 cm³/mol. The molecule has 1 rings (SSSR count). The van der Waals surface area contributed by atoms with Crippen molar-refractivity contribution in [3.63, 3.8) is 0 Å². The van der Waals surface area contributed by atoms with Crippen LogP contribution in [0.4, 0.5) is 22.0 Å². The van der Waals surface area contributed by atoms with Crippen molar-refractivity contribution in [2.45, 2.75) is 6.04 Å². The minimum atomic E-state index is -4.00. The molecule has 0 aromatic heterocycles. The third-order valence-corrected chi connectivity index (χ3v) is 4.41. The Hall–Kier alpha value is -1.03. The highest BCUT2D eigenvalue weighted by molar-refractivity contribution is 6.58. The summed E-state index contributed by atoms with van der Waals surface area (Å²) in [5, 5.41) is 0.